The van der Waals surface area contributed by atoms with Gasteiger partial charge in [0.1, 0.15) is 60.2 Å². The van der Waals surface area contributed by atoms with E-state index in [2.05, 4.69) is 53.0 Å². The highest BCUT2D eigenvalue weighted by atomic mass is 31.3. The number of nitrogens with two attached hydrogens (primary N) is 3. The molecule has 6 aromatic heterocycles. The van der Waals surface area contributed by atoms with Crippen LogP contribution in [0.25, 0.3) is 33.5 Å². The normalized spacial score (nSPS) is 32.0. The molecule has 0 radical (unpaired) electrons. The highest BCUT2D eigenvalue weighted by Gasteiger charge is 2.66. The fourth-order valence-electron chi connectivity index (χ4n) is 8.69. The topological polar surface area (TPSA) is 545 Å². The number of aliphatic hydroxyl groups is 3. The molecule has 4 saturated heterocycles. The maximum Gasteiger partial charge on any atom is 0.487 e. The predicted octanol–water partition coefficient (Wildman–Crippen LogP) is -4.61. The largest absolute Gasteiger partial charge is 0.756 e. The van der Waals surface area contributed by atoms with Crippen molar-refractivity contribution >= 4 is 82.5 Å². The molecule has 10 rings (SSSR count). The van der Waals surface area contributed by atoms with Gasteiger partial charge in [-0.25, -0.2) is 46.9 Å². The first kappa shape index (κ1) is 53.2. The summed E-state index contributed by atoms with van der Waals surface area (Å²) in [6, 6.07) is 0. The number of aromatic amines is 2. The summed E-state index contributed by atoms with van der Waals surface area (Å²) < 4.78 is 124. The lowest BCUT2D eigenvalue weighted by atomic mass is 10.0. The number of nitrogens with one attached hydrogen (secondary N) is 2. The number of alkyl halides is 1. The second-order valence-electron chi connectivity index (χ2n) is 16.9. The Morgan fingerprint density at radius 3 is 2.16 bits per heavy atom. The minimum Gasteiger partial charge on any atom is -0.756 e. The van der Waals surface area contributed by atoms with Crippen LogP contribution in [0.15, 0.2) is 34.9 Å². The van der Waals surface area contributed by atoms with Crippen molar-refractivity contribution in [3.63, 3.8) is 0 Å². The third-order valence-electron chi connectivity index (χ3n) is 12.0. The van der Waals surface area contributed by atoms with Crippen LogP contribution in [0.2, 0.25) is 0 Å². The number of aryl methyl sites for hydroxylation is 1. The summed E-state index contributed by atoms with van der Waals surface area (Å²) in [6.07, 6.45) is -15.1. The van der Waals surface area contributed by atoms with Crippen LogP contribution in [-0.4, -0.2) is 165 Å². The summed E-state index contributed by atoms with van der Waals surface area (Å²) in [6.45, 7) is -4.28. The minimum atomic E-state index is -6.30. The fourth-order valence-corrected chi connectivity index (χ4v) is 13.2. The quantitative estimate of drug-likeness (QED) is 0.0285. The number of anilines is 3. The summed E-state index contributed by atoms with van der Waals surface area (Å²) in [5.41, 5.74) is 12.9. The van der Waals surface area contributed by atoms with Gasteiger partial charge in [0, 0.05) is 0 Å². The number of imidazole rings is 3. The molecule has 4 aliphatic heterocycles. The van der Waals surface area contributed by atoms with E-state index in [1.54, 1.807) is 0 Å². The van der Waals surface area contributed by atoms with Crippen LogP contribution in [0.1, 0.15) is 18.7 Å². The maximum absolute atomic E-state index is 15.4. The molecule has 0 spiro atoms. The number of H-pyrrole nitrogens is 2. The van der Waals surface area contributed by atoms with Crippen LogP contribution in [0, 0.1) is 0 Å². The first-order chi connectivity index (χ1) is 35.2. The molecule has 6 aromatic rings. The van der Waals surface area contributed by atoms with Gasteiger partial charge in [0.25, 0.3) is 24.5 Å². The molecule has 2 bridgehead atoms. The number of nitrogen functional groups attached to an aromatic ring is 3. The van der Waals surface area contributed by atoms with Gasteiger partial charge >= 0.3 is 29.0 Å². The highest BCUT2D eigenvalue weighted by molar-refractivity contribution is 7.66. The molecule has 43 heteroatoms. The van der Waals surface area contributed by atoms with Gasteiger partial charge in [-0.05, 0) is 0 Å². The van der Waals surface area contributed by atoms with Crippen molar-refractivity contribution in [2.75, 3.05) is 43.6 Å². The Morgan fingerprint density at radius 2 is 1.43 bits per heavy atom. The van der Waals surface area contributed by atoms with Crippen molar-refractivity contribution in [3.8, 4) is 0 Å². The van der Waals surface area contributed by atoms with Gasteiger partial charge in [-0.2, -0.15) is 18.8 Å². The zero-order chi connectivity index (χ0) is 53.9. The Kier molecular flexibility index (Phi) is 13.5. The number of fused-ring (bicyclic) bond motifs is 5. The minimum absolute atomic E-state index is 0.0112. The molecule has 16 atom stereocenters. The molecule has 0 amide bonds. The van der Waals surface area contributed by atoms with Gasteiger partial charge < -0.3 is 75.6 Å². The monoisotopic (exact) mass is 1150 g/mol. The van der Waals surface area contributed by atoms with Crippen LogP contribution in [0.3, 0.4) is 0 Å². The van der Waals surface area contributed by atoms with Crippen LogP contribution in [-0.2, 0) is 71.0 Å². The summed E-state index contributed by atoms with van der Waals surface area (Å²) in [5.74, 6) is -0.766. The number of ether oxygens (including phenoxy) is 4. The van der Waals surface area contributed by atoms with Gasteiger partial charge in [-0.15, -0.1) is 0 Å². The Hall–Kier alpha value is -5.18. The molecule has 0 saturated carbocycles. The number of aromatic nitrogens is 12. The molecular weight excluding hydrogens is 1110 g/mol. The molecule has 75 heavy (non-hydrogen) atoms. The van der Waals surface area contributed by atoms with E-state index in [0.29, 0.717) is 0 Å². The second kappa shape index (κ2) is 19.1. The van der Waals surface area contributed by atoms with E-state index in [4.69, 9.17) is 49.7 Å². The average Bonchev–Trinajstić information content (AvgIpc) is 4.23. The molecule has 0 aliphatic carbocycles. The zero-order valence-electron chi connectivity index (χ0n) is 37.5. The van der Waals surface area contributed by atoms with Gasteiger partial charge in [-0.1, -0.05) is 0 Å². The Labute approximate surface area is 413 Å². The summed E-state index contributed by atoms with van der Waals surface area (Å²) >= 11 is 0. The van der Waals surface area contributed by atoms with E-state index >= 15 is 4.39 Å². The molecule has 408 valence electrons. The van der Waals surface area contributed by atoms with Crippen molar-refractivity contribution < 1.29 is 108 Å². The number of hydrogen-bond acceptors (Lipinski definition) is 29. The number of nitrogens with zero attached hydrogens (tertiary/aromatic N) is 10. The Morgan fingerprint density at radius 1 is 0.787 bits per heavy atom. The lowest BCUT2D eigenvalue weighted by Crippen LogP contribution is -2.45. The third kappa shape index (κ3) is 9.94. The fraction of sp³-hybridized carbons (Fsp3) is 0.531. The number of phosphoric ester groups is 3. The molecule has 10 heterocycles. The van der Waals surface area contributed by atoms with Gasteiger partial charge in [0.05, 0.1) is 46.1 Å². The molecular formula is C32H40FN15O23P4. The number of phosphoric acid groups is 4. The first-order valence-corrected chi connectivity index (χ1v) is 27.1. The molecule has 38 nitrogen and oxygen atoms in total. The Bertz CT molecular complexity index is 3550. The van der Waals surface area contributed by atoms with E-state index in [0.717, 1.165) is 28.1 Å². The zero-order valence-corrected chi connectivity index (χ0v) is 41.1. The smallest absolute Gasteiger partial charge is 0.487 e. The van der Waals surface area contributed by atoms with Crippen LogP contribution >= 0.6 is 31.3 Å². The van der Waals surface area contributed by atoms with Crippen molar-refractivity contribution in [3.05, 3.63) is 46.0 Å². The molecule has 4 aliphatic rings. The van der Waals surface area contributed by atoms with E-state index < -0.39 is 142 Å². The lowest BCUT2D eigenvalue weighted by molar-refractivity contribution is -0.646. The number of aliphatic hydroxyl groups excluding tert-OH is 3. The van der Waals surface area contributed by atoms with E-state index in [1.165, 1.54) is 22.5 Å². The number of hydrogen-bond donors (Lipinski definition) is 11. The van der Waals surface area contributed by atoms with Crippen molar-refractivity contribution in [1.82, 2.24) is 53.6 Å². The van der Waals surface area contributed by atoms with Gasteiger partial charge in [-0.3, -0.25) is 46.8 Å². The SMILES string of the molecule is C[n+]1cn([C@@H]2O[C@H](COP(=O)([O-])OP(=O)(O)OP(=O)(O)OC[C@]34CO[C@@H](C3OP(=O)(O)OC[C@H]3O[C@@H](n5cnc6c(=O)[nH]c(N)nc65)[C@@H](O)C3O)[C@H](n3cnc5c(N)ncnc53)O4)[C@H](O)C2F)c2nc(N)[nH]c(=O)c21. The third-order valence-corrected chi connectivity index (χ3v) is 17.1. The predicted molar refractivity (Wildman–Crippen MR) is 234 cm³/mol. The van der Waals surface area contributed by atoms with Gasteiger partial charge in [0.15, 0.2) is 41.3 Å². The molecule has 4 fully saturated rings. The maximum atomic E-state index is 15.4. The van der Waals surface area contributed by atoms with Crippen LogP contribution in [0.4, 0.5) is 22.1 Å². The summed E-state index contributed by atoms with van der Waals surface area (Å²) in [7, 11) is -22.5. The van der Waals surface area contributed by atoms with E-state index in [1.807, 2.05) is 0 Å². The number of halogens is 1. The molecule has 14 N–H and O–H groups in total. The van der Waals surface area contributed by atoms with Crippen molar-refractivity contribution in [2.24, 2.45) is 7.05 Å². The molecule has 7 unspecified atom stereocenters. The number of rotatable bonds is 18. The average molecular weight is 1150 g/mol. The van der Waals surface area contributed by atoms with E-state index in [-0.39, 0.29) is 51.2 Å². The lowest BCUT2D eigenvalue weighted by Gasteiger charge is -2.32. The summed E-state index contributed by atoms with van der Waals surface area (Å²) in [4.78, 5) is 98.0. The standard InChI is InChI=1S/C32H40FN15O23P4/c1-45-9-48(24-15(45)26(53)44-31(36)42-24)27-12(33)16(49)10(66-27)2-64-73(56,57)70-75(60,61)71-74(58,59)65-5-32-4-62-19(29(68-32)46-7-39-13-21(34)37-6-38-22(13)46)20(32)69-72(54,55)63-3-11-17(50)18(51)28(67-11)47-8-40-14-23(47)41-30(35)43-25(14)52/h6-12,16-20,27-29,49-51H,2-5H2,1H3,(H11-,34,35,36,37,38,41,42,43,44,52,53,54,55,56,57,58,59,60,61)/t10-,11-,12?,16+,17?,18+,19+,20?,27-,28-,29-,32-/m1/s1. The second-order valence-corrected chi connectivity index (χ2v) is 22.9. The van der Waals surface area contributed by atoms with Gasteiger partial charge in [0.2, 0.25) is 24.5 Å². The first-order valence-electron chi connectivity index (χ1n) is 21.2. The Balaban J connectivity index is 0.809. The van der Waals surface area contributed by atoms with Crippen molar-refractivity contribution in [2.45, 2.75) is 73.2 Å². The highest BCUT2D eigenvalue weighted by Crippen LogP contribution is 2.67. The van der Waals surface area contributed by atoms with Crippen LogP contribution < -0.4 is 37.8 Å². The van der Waals surface area contributed by atoms with Crippen molar-refractivity contribution in [1.29, 1.82) is 0 Å². The van der Waals surface area contributed by atoms with E-state index in [9.17, 15) is 62.7 Å². The summed E-state index contributed by atoms with van der Waals surface area (Å²) in [5, 5.41) is 32.3. The molecule has 0 aromatic carbocycles. The van der Waals surface area contributed by atoms with Crippen LogP contribution in [0.5, 0.6) is 0 Å².